The van der Waals surface area contributed by atoms with Crippen LogP contribution in [-0.2, 0) is 11.2 Å². The lowest BCUT2D eigenvalue weighted by Crippen LogP contribution is -2.39. The third-order valence-corrected chi connectivity index (χ3v) is 4.20. The fourth-order valence-electron chi connectivity index (χ4n) is 2.96. The molecule has 0 amide bonds. The molecule has 0 aromatic heterocycles. The molecular weight excluding hydrogens is 234 g/mol. The first-order valence-corrected chi connectivity index (χ1v) is 7.38. The van der Waals surface area contributed by atoms with Gasteiger partial charge in [0.25, 0.3) is 0 Å². The minimum Gasteiger partial charge on any atom is -0.325 e. The van der Waals surface area contributed by atoms with E-state index in [-0.39, 0.29) is 11.3 Å². The lowest BCUT2D eigenvalue weighted by molar-refractivity contribution is -0.119. The van der Waals surface area contributed by atoms with E-state index in [4.69, 9.17) is 5.73 Å². The van der Waals surface area contributed by atoms with Gasteiger partial charge in [0, 0.05) is 18.4 Å². The van der Waals surface area contributed by atoms with Crippen molar-refractivity contribution in [1.82, 2.24) is 0 Å². The van der Waals surface area contributed by atoms with E-state index in [1.54, 1.807) is 0 Å². The molecule has 1 saturated carbocycles. The molecule has 0 atom stereocenters. The Balaban J connectivity index is 1.91. The van der Waals surface area contributed by atoms with Gasteiger partial charge in [0.1, 0.15) is 5.78 Å². The third-order valence-electron chi connectivity index (χ3n) is 4.20. The van der Waals surface area contributed by atoms with Crippen LogP contribution in [0.1, 0.15) is 63.0 Å². The summed E-state index contributed by atoms with van der Waals surface area (Å²) in [7, 11) is 0. The van der Waals surface area contributed by atoms with Crippen LogP contribution in [0.25, 0.3) is 0 Å². The Bertz CT molecular complexity index is 427. The van der Waals surface area contributed by atoms with Crippen molar-refractivity contribution in [1.29, 1.82) is 0 Å². The first-order chi connectivity index (χ1) is 8.98. The van der Waals surface area contributed by atoms with Crippen LogP contribution >= 0.6 is 0 Å². The van der Waals surface area contributed by atoms with Crippen LogP contribution in [0.5, 0.6) is 0 Å². The first-order valence-electron chi connectivity index (χ1n) is 7.38. The molecule has 1 aromatic carbocycles. The number of nitrogens with two attached hydrogens (primary N) is 1. The molecule has 2 heteroatoms. The summed E-state index contributed by atoms with van der Waals surface area (Å²) >= 11 is 0. The molecule has 0 heterocycles. The van der Waals surface area contributed by atoms with E-state index in [1.807, 2.05) is 0 Å². The van der Waals surface area contributed by atoms with Crippen molar-refractivity contribution in [2.24, 2.45) is 5.73 Å². The summed E-state index contributed by atoms with van der Waals surface area (Å²) in [5, 5.41) is 0. The zero-order valence-electron chi connectivity index (χ0n) is 12.1. The number of carbonyl (C=O) groups excluding carboxylic acids is 1. The molecule has 1 aliphatic rings. The first kappa shape index (κ1) is 14.3. The lowest BCUT2D eigenvalue weighted by Gasteiger charge is -2.22. The van der Waals surface area contributed by atoms with Gasteiger partial charge in [0.15, 0.2) is 0 Å². The smallest absolute Gasteiger partial charge is 0.139 e. The molecule has 1 fully saturated rings. The zero-order valence-corrected chi connectivity index (χ0v) is 12.1. The fraction of sp³-hybridized carbons (Fsp3) is 0.588. The Morgan fingerprint density at radius 1 is 1.21 bits per heavy atom. The molecule has 2 N–H and O–H groups in total. The SMILES string of the molecule is CC(C)c1ccc(CC(=O)CC2(N)CCCC2)cc1. The molecule has 0 radical (unpaired) electrons. The number of hydrogen-bond donors (Lipinski definition) is 1. The largest absolute Gasteiger partial charge is 0.325 e. The molecule has 1 aliphatic carbocycles. The van der Waals surface area contributed by atoms with Crippen molar-refractivity contribution in [3.63, 3.8) is 0 Å². The highest BCUT2D eigenvalue weighted by atomic mass is 16.1. The highest BCUT2D eigenvalue weighted by Gasteiger charge is 2.31. The Kier molecular flexibility index (Phi) is 4.41. The molecule has 0 unspecified atom stereocenters. The molecule has 1 aromatic rings. The minimum absolute atomic E-state index is 0.213. The Labute approximate surface area is 116 Å². The predicted molar refractivity (Wildman–Crippen MR) is 79.2 cm³/mol. The average molecular weight is 259 g/mol. The van der Waals surface area contributed by atoms with Crippen LogP contribution < -0.4 is 5.73 Å². The Hall–Kier alpha value is -1.15. The number of carbonyl (C=O) groups is 1. The predicted octanol–water partition coefficient (Wildman–Crippen LogP) is 3.58. The summed E-state index contributed by atoms with van der Waals surface area (Å²) in [6.45, 7) is 4.36. The van der Waals surface area contributed by atoms with Crippen LogP contribution in [0.3, 0.4) is 0 Å². The summed E-state index contributed by atoms with van der Waals surface area (Å²) < 4.78 is 0. The monoisotopic (exact) mass is 259 g/mol. The van der Waals surface area contributed by atoms with Gasteiger partial charge in [-0.25, -0.2) is 0 Å². The van der Waals surface area contributed by atoms with Crippen LogP contribution in [0, 0.1) is 0 Å². The van der Waals surface area contributed by atoms with Crippen molar-refractivity contribution < 1.29 is 4.79 Å². The molecule has 0 saturated heterocycles. The van der Waals surface area contributed by atoms with Gasteiger partial charge in [-0.05, 0) is 29.9 Å². The van der Waals surface area contributed by atoms with E-state index >= 15 is 0 Å². The molecular formula is C17H25NO. The molecule has 19 heavy (non-hydrogen) atoms. The quantitative estimate of drug-likeness (QED) is 0.878. The van der Waals surface area contributed by atoms with Crippen LogP contribution in [-0.4, -0.2) is 11.3 Å². The second-order valence-electron chi connectivity index (χ2n) is 6.36. The molecule has 104 valence electrons. The van der Waals surface area contributed by atoms with Crippen LogP contribution in [0.15, 0.2) is 24.3 Å². The van der Waals surface area contributed by atoms with E-state index in [2.05, 4.69) is 38.1 Å². The second-order valence-corrected chi connectivity index (χ2v) is 6.36. The number of rotatable bonds is 5. The van der Waals surface area contributed by atoms with Crippen molar-refractivity contribution in [2.45, 2.75) is 63.8 Å². The third kappa shape index (κ3) is 3.90. The maximum Gasteiger partial charge on any atom is 0.139 e. The van der Waals surface area contributed by atoms with Crippen LogP contribution in [0.2, 0.25) is 0 Å². The van der Waals surface area contributed by atoms with E-state index in [0.29, 0.717) is 18.8 Å². The van der Waals surface area contributed by atoms with Gasteiger partial charge >= 0.3 is 0 Å². The second kappa shape index (κ2) is 5.87. The van der Waals surface area contributed by atoms with Gasteiger partial charge in [0.2, 0.25) is 0 Å². The normalized spacial score (nSPS) is 17.9. The maximum atomic E-state index is 12.1. The Morgan fingerprint density at radius 3 is 2.32 bits per heavy atom. The summed E-state index contributed by atoms with van der Waals surface area (Å²) in [5.74, 6) is 0.817. The number of benzene rings is 1. The summed E-state index contributed by atoms with van der Waals surface area (Å²) in [5.41, 5.74) is 8.47. The molecule has 2 rings (SSSR count). The molecule has 0 spiro atoms. The summed E-state index contributed by atoms with van der Waals surface area (Å²) in [6.07, 6.45) is 5.42. The van der Waals surface area contributed by atoms with Crippen LogP contribution in [0.4, 0.5) is 0 Å². The molecule has 2 nitrogen and oxygen atoms in total. The van der Waals surface area contributed by atoms with Crippen molar-refractivity contribution in [3.05, 3.63) is 35.4 Å². The van der Waals surface area contributed by atoms with Crippen molar-refractivity contribution in [2.75, 3.05) is 0 Å². The zero-order chi connectivity index (χ0) is 13.9. The van der Waals surface area contributed by atoms with E-state index < -0.39 is 0 Å². The van der Waals surface area contributed by atoms with E-state index in [1.165, 1.54) is 18.4 Å². The minimum atomic E-state index is -0.213. The highest BCUT2D eigenvalue weighted by Crippen LogP contribution is 2.30. The topological polar surface area (TPSA) is 43.1 Å². The van der Waals surface area contributed by atoms with Gasteiger partial charge in [-0.1, -0.05) is 51.0 Å². The summed E-state index contributed by atoms with van der Waals surface area (Å²) in [6, 6.07) is 8.40. The van der Waals surface area contributed by atoms with Gasteiger partial charge in [-0.2, -0.15) is 0 Å². The van der Waals surface area contributed by atoms with Gasteiger partial charge in [-0.15, -0.1) is 0 Å². The van der Waals surface area contributed by atoms with Crippen molar-refractivity contribution >= 4 is 5.78 Å². The number of ketones is 1. The molecule has 0 aliphatic heterocycles. The molecule has 0 bridgehead atoms. The van der Waals surface area contributed by atoms with E-state index in [9.17, 15) is 4.79 Å². The van der Waals surface area contributed by atoms with Gasteiger partial charge in [-0.3, -0.25) is 4.79 Å². The standard InChI is InChI=1S/C17H25NO/c1-13(2)15-7-5-14(6-8-15)11-16(19)12-17(18)9-3-4-10-17/h5-8,13H,3-4,9-12,18H2,1-2H3. The van der Waals surface area contributed by atoms with E-state index in [0.717, 1.165) is 18.4 Å². The Morgan fingerprint density at radius 2 is 1.79 bits per heavy atom. The average Bonchev–Trinajstić information content (AvgIpc) is 2.76. The van der Waals surface area contributed by atoms with Gasteiger partial charge < -0.3 is 5.73 Å². The maximum absolute atomic E-state index is 12.1. The summed E-state index contributed by atoms with van der Waals surface area (Å²) in [4.78, 5) is 12.1. The van der Waals surface area contributed by atoms with Gasteiger partial charge in [0.05, 0.1) is 0 Å². The number of Topliss-reactive ketones (excluding diaryl/α,β-unsaturated/α-hetero) is 1. The lowest BCUT2D eigenvalue weighted by atomic mass is 9.90. The fourth-order valence-corrected chi connectivity index (χ4v) is 2.96. The highest BCUT2D eigenvalue weighted by molar-refractivity contribution is 5.82. The van der Waals surface area contributed by atoms with Crippen molar-refractivity contribution in [3.8, 4) is 0 Å². The number of hydrogen-bond acceptors (Lipinski definition) is 2.